The number of hydrogen-bond donors (Lipinski definition) is 0. The molecule has 2 aromatic carbocycles. The number of hydrogen-bond acceptors (Lipinski definition) is 4. The third-order valence-corrected chi connectivity index (χ3v) is 4.04. The Morgan fingerprint density at radius 1 is 0.905 bits per heavy atom. The molecule has 0 aliphatic rings. The Hall–Kier alpha value is -2.60. The Balaban J connectivity index is 1.83. The molecule has 0 atom stereocenters. The van der Waals surface area contributed by atoms with E-state index in [-0.39, 0.29) is 5.75 Å². The number of aromatic nitrogens is 2. The highest BCUT2D eigenvalue weighted by Crippen LogP contribution is 2.23. The van der Waals surface area contributed by atoms with Crippen LogP contribution in [0.25, 0.3) is 11.1 Å². The average molecular weight is 300 g/mol. The predicted octanol–water partition coefficient (Wildman–Crippen LogP) is 2.72. The van der Waals surface area contributed by atoms with Gasteiger partial charge in [-0.25, -0.2) is 8.96 Å². The summed E-state index contributed by atoms with van der Waals surface area (Å²) in [6.07, 6.45) is 3.86. The van der Waals surface area contributed by atoms with Crippen LogP contribution in [0.3, 0.4) is 0 Å². The van der Waals surface area contributed by atoms with E-state index in [1.165, 1.54) is 18.7 Å². The van der Waals surface area contributed by atoms with Crippen LogP contribution >= 0.6 is 0 Å². The van der Waals surface area contributed by atoms with Gasteiger partial charge in [-0.05, 0) is 23.3 Å². The largest absolute Gasteiger partial charge is 0.414 e. The number of nitrogens with zero attached hydrogens (tertiary/aromatic N) is 2. The summed E-state index contributed by atoms with van der Waals surface area (Å²) in [5, 5.41) is 0. The van der Waals surface area contributed by atoms with Crippen LogP contribution in [0.5, 0.6) is 5.75 Å². The molecule has 0 radical (unpaired) electrons. The third kappa shape index (κ3) is 2.95. The summed E-state index contributed by atoms with van der Waals surface area (Å²) < 4.78 is 29.8. The van der Waals surface area contributed by atoms with E-state index in [4.69, 9.17) is 4.18 Å². The maximum absolute atomic E-state index is 11.9. The third-order valence-electron chi connectivity index (χ3n) is 2.90. The summed E-state index contributed by atoms with van der Waals surface area (Å²) in [5.41, 5.74) is 2.05. The Kier molecular flexibility index (Phi) is 3.45. The van der Waals surface area contributed by atoms with Crippen LogP contribution in [-0.4, -0.2) is 17.4 Å². The molecule has 0 aliphatic carbocycles. The number of imidazole rings is 1. The highest BCUT2D eigenvalue weighted by molar-refractivity contribution is 7.85. The van der Waals surface area contributed by atoms with Gasteiger partial charge in [-0.1, -0.05) is 42.5 Å². The second kappa shape index (κ2) is 5.41. The van der Waals surface area contributed by atoms with Gasteiger partial charge in [0.25, 0.3) is 0 Å². The van der Waals surface area contributed by atoms with Crippen molar-refractivity contribution in [1.29, 1.82) is 0 Å². The zero-order valence-corrected chi connectivity index (χ0v) is 11.8. The van der Waals surface area contributed by atoms with Crippen LogP contribution < -0.4 is 4.18 Å². The van der Waals surface area contributed by atoms with E-state index in [0.717, 1.165) is 15.1 Å². The van der Waals surface area contributed by atoms with E-state index in [9.17, 15) is 8.42 Å². The monoisotopic (exact) mass is 300 g/mol. The van der Waals surface area contributed by atoms with Crippen LogP contribution in [0.1, 0.15) is 0 Å². The quantitative estimate of drug-likeness (QED) is 0.743. The minimum Gasteiger partial charge on any atom is -0.366 e. The van der Waals surface area contributed by atoms with Crippen molar-refractivity contribution in [2.24, 2.45) is 0 Å². The molecule has 3 rings (SSSR count). The zero-order valence-electron chi connectivity index (χ0n) is 11.0. The van der Waals surface area contributed by atoms with Gasteiger partial charge in [0.2, 0.25) is 0 Å². The molecule has 6 heteroatoms. The summed E-state index contributed by atoms with van der Waals surface area (Å²) in [5.74, 6) is 0.253. The summed E-state index contributed by atoms with van der Waals surface area (Å²) >= 11 is 0. The molecular formula is C15H12N2O3S. The van der Waals surface area contributed by atoms with Crippen molar-refractivity contribution in [3.63, 3.8) is 0 Å². The van der Waals surface area contributed by atoms with Crippen molar-refractivity contribution < 1.29 is 12.6 Å². The Labute approximate surface area is 122 Å². The lowest BCUT2D eigenvalue weighted by Crippen LogP contribution is -2.17. The van der Waals surface area contributed by atoms with Gasteiger partial charge in [0.15, 0.2) is 0 Å². The molecule has 21 heavy (non-hydrogen) atoms. The predicted molar refractivity (Wildman–Crippen MR) is 79.1 cm³/mol. The van der Waals surface area contributed by atoms with Gasteiger partial charge in [-0.15, -0.1) is 0 Å². The molecule has 1 heterocycles. The van der Waals surface area contributed by atoms with Gasteiger partial charge in [0, 0.05) is 12.4 Å². The maximum Gasteiger partial charge on any atom is 0.414 e. The Morgan fingerprint density at radius 3 is 2.19 bits per heavy atom. The summed E-state index contributed by atoms with van der Waals surface area (Å²) in [6.45, 7) is 0. The van der Waals surface area contributed by atoms with Crippen LogP contribution in [-0.2, 0) is 10.3 Å². The van der Waals surface area contributed by atoms with E-state index in [1.807, 2.05) is 42.5 Å². The first-order valence-corrected chi connectivity index (χ1v) is 7.60. The van der Waals surface area contributed by atoms with Gasteiger partial charge in [-0.2, -0.15) is 8.42 Å². The van der Waals surface area contributed by atoms with Crippen molar-refractivity contribution >= 4 is 10.3 Å². The van der Waals surface area contributed by atoms with Gasteiger partial charge >= 0.3 is 10.3 Å². The molecule has 1 aromatic heterocycles. The standard InChI is InChI=1S/C15H12N2O3S/c18-21(19,17-11-10-16-12-17)20-15-8-6-14(7-9-15)13-4-2-1-3-5-13/h1-12H. The number of benzene rings is 2. The van der Waals surface area contributed by atoms with E-state index in [0.29, 0.717) is 0 Å². The van der Waals surface area contributed by atoms with E-state index in [2.05, 4.69) is 4.98 Å². The smallest absolute Gasteiger partial charge is 0.366 e. The van der Waals surface area contributed by atoms with Crippen molar-refractivity contribution in [1.82, 2.24) is 8.96 Å². The molecule has 0 aliphatic heterocycles. The molecule has 0 amide bonds. The second-order valence-electron chi connectivity index (χ2n) is 4.32. The Morgan fingerprint density at radius 2 is 1.57 bits per heavy atom. The lowest BCUT2D eigenvalue weighted by Gasteiger charge is -2.07. The zero-order chi connectivity index (χ0) is 14.7. The molecule has 106 valence electrons. The SMILES string of the molecule is O=S(=O)(Oc1ccc(-c2ccccc2)cc1)n1ccnc1. The van der Waals surface area contributed by atoms with Crippen molar-refractivity contribution in [3.8, 4) is 16.9 Å². The van der Waals surface area contributed by atoms with Crippen molar-refractivity contribution in [2.75, 3.05) is 0 Å². The highest BCUT2D eigenvalue weighted by atomic mass is 32.2. The molecule has 5 nitrogen and oxygen atoms in total. The summed E-state index contributed by atoms with van der Waals surface area (Å²) in [7, 11) is -3.89. The first-order chi connectivity index (χ1) is 10.1. The Bertz CT molecular complexity index is 811. The van der Waals surface area contributed by atoms with Crippen LogP contribution in [0.2, 0.25) is 0 Å². The van der Waals surface area contributed by atoms with E-state index < -0.39 is 10.3 Å². The summed E-state index contributed by atoms with van der Waals surface area (Å²) in [6, 6.07) is 16.7. The summed E-state index contributed by atoms with van der Waals surface area (Å²) in [4.78, 5) is 3.69. The minimum absolute atomic E-state index is 0.253. The maximum atomic E-state index is 11.9. The molecule has 0 saturated carbocycles. The average Bonchev–Trinajstić information content (AvgIpc) is 3.04. The number of rotatable bonds is 4. The molecular weight excluding hydrogens is 288 g/mol. The second-order valence-corrected chi connectivity index (χ2v) is 5.77. The minimum atomic E-state index is -3.89. The molecule has 0 bridgehead atoms. The molecule has 0 saturated heterocycles. The molecule has 3 aromatic rings. The molecule has 0 unspecified atom stereocenters. The van der Waals surface area contributed by atoms with Crippen LogP contribution in [0.4, 0.5) is 0 Å². The van der Waals surface area contributed by atoms with Crippen LogP contribution in [0, 0.1) is 0 Å². The molecule has 0 fully saturated rings. The first kappa shape index (κ1) is 13.4. The van der Waals surface area contributed by atoms with Gasteiger partial charge < -0.3 is 4.18 Å². The van der Waals surface area contributed by atoms with Gasteiger partial charge in [0.1, 0.15) is 12.1 Å². The lowest BCUT2D eigenvalue weighted by atomic mass is 10.1. The fraction of sp³-hybridized carbons (Fsp3) is 0. The lowest BCUT2D eigenvalue weighted by molar-refractivity contribution is 0.476. The fourth-order valence-electron chi connectivity index (χ4n) is 1.88. The van der Waals surface area contributed by atoms with Crippen molar-refractivity contribution in [2.45, 2.75) is 0 Å². The highest BCUT2D eigenvalue weighted by Gasteiger charge is 2.14. The first-order valence-electron chi connectivity index (χ1n) is 6.23. The van der Waals surface area contributed by atoms with Crippen molar-refractivity contribution in [3.05, 3.63) is 73.3 Å². The topological polar surface area (TPSA) is 61.2 Å². The fourth-order valence-corrected chi connectivity index (χ4v) is 2.69. The normalized spacial score (nSPS) is 11.2. The molecule has 0 N–H and O–H groups in total. The van der Waals surface area contributed by atoms with E-state index >= 15 is 0 Å². The van der Waals surface area contributed by atoms with Crippen LogP contribution in [0.15, 0.2) is 73.3 Å². The molecule has 0 spiro atoms. The van der Waals surface area contributed by atoms with Gasteiger partial charge in [-0.3, -0.25) is 0 Å². The van der Waals surface area contributed by atoms with E-state index in [1.54, 1.807) is 12.1 Å². The van der Waals surface area contributed by atoms with Gasteiger partial charge in [0.05, 0.1) is 0 Å².